The second kappa shape index (κ2) is 7.79. The van der Waals surface area contributed by atoms with Crippen LogP contribution in [0.2, 0.25) is 0 Å². The van der Waals surface area contributed by atoms with E-state index in [1.54, 1.807) is 30.3 Å². The van der Waals surface area contributed by atoms with Gasteiger partial charge in [-0.25, -0.2) is 0 Å². The van der Waals surface area contributed by atoms with Crippen molar-refractivity contribution < 1.29 is 19.1 Å². The van der Waals surface area contributed by atoms with Crippen molar-refractivity contribution >= 4 is 11.8 Å². The Morgan fingerprint density at radius 3 is 2.88 bits per heavy atom. The number of allylic oxidation sites excluding steroid dienone is 1. The third kappa shape index (κ3) is 3.97. The number of unbranched alkanes of at least 4 members (excludes halogenated alkanes) is 1. The maximum Gasteiger partial charge on any atom is 0.310 e. The fourth-order valence-corrected chi connectivity index (χ4v) is 2.79. The molecule has 4 nitrogen and oxygen atoms in total. The van der Waals surface area contributed by atoms with Gasteiger partial charge in [-0.05, 0) is 30.5 Å². The van der Waals surface area contributed by atoms with E-state index in [1.165, 1.54) is 0 Å². The molecule has 0 atom stereocenters. The van der Waals surface area contributed by atoms with E-state index in [-0.39, 0.29) is 18.2 Å². The zero-order valence-electron chi connectivity index (χ0n) is 14.0. The van der Waals surface area contributed by atoms with Crippen molar-refractivity contribution in [2.75, 3.05) is 6.61 Å². The van der Waals surface area contributed by atoms with Crippen molar-refractivity contribution in [3.05, 3.63) is 77.4 Å². The van der Waals surface area contributed by atoms with Gasteiger partial charge in [0.25, 0.3) is 0 Å². The summed E-state index contributed by atoms with van der Waals surface area (Å²) in [6.07, 6.45) is 3.51. The number of fused-ring (bicyclic) bond motifs is 2. The summed E-state index contributed by atoms with van der Waals surface area (Å²) >= 11 is 0. The third-order valence-corrected chi connectivity index (χ3v) is 4.10. The highest BCUT2D eigenvalue weighted by Gasteiger charge is 2.22. The number of hydrogen-bond acceptors (Lipinski definition) is 4. The first kappa shape index (κ1) is 17.0. The molecule has 25 heavy (non-hydrogen) atoms. The molecule has 4 heteroatoms. The van der Waals surface area contributed by atoms with Crippen LogP contribution in [0.3, 0.4) is 0 Å². The molecule has 0 N–H and O–H groups in total. The molecule has 1 aliphatic rings. The quantitative estimate of drug-likeness (QED) is 0.457. The molecular weight excluding hydrogens is 316 g/mol. The third-order valence-electron chi connectivity index (χ3n) is 4.10. The molecule has 0 fully saturated rings. The molecule has 2 aromatic carbocycles. The van der Waals surface area contributed by atoms with Crippen LogP contribution in [0.25, 0.3) is 0 Å². The molecule has 0 aromatic heterocycles. The van der Waals surface area contributed by atoms with E-state index in [2.05, 4.69) is 6.58 Å². The molecule has 128 valence electrons. The van der Waals surface area contributed by atoms with Crippen molar-refractivity contribution in [3.63, 3.8) is 0 Å². The number of rotatable bonds is 6. The highest BCUT2D eigenvalue weighted by atomic mass is 16.5. The fourth-order valence-electron chi connectivity index (χ4n) is 2.79. The average Bonchev–Trinajstić information content (AvgIpc) is 2.76. The first-order valence-electron chi connectivity index (χ1n) is 8.34. The van der Waals surface area contributed by atoms with E-state index in [1.807, 2.05) is 18.2 Å². The molecule has 1 aliphatic heterocycles. The fraction of sp³-hybridized carbons (Fsp3) is 0.238. The van der Waals surface area contributed by atoms with Crippen LogP contribution < -0.4 is 4.74 Å². The summed E-state index contributed by atoms with van der Waals surface area (Å²) in [5.74, 6) is 0.167. The van der Waals surface area contributed by atoms with E-state index >= 15 is 0 Å². The predicted octanol–water partition coefficient (Wildman–Crippen LogP) is 3.86. The summed E-state index contributed by atoms with van der Waals surface area (Å²) in [6.45, 7) is 4.37. The second-order valence-electron chi connectivity index (χ2n) is 5.93. The van der Waals surface area contributed by atoms with Gasteiger partial charge in [0.05, 0.1) is 18.6 Å². The van der Waals surface area contributed by atoms with Crippen molar-refractivity contribution in [3.8, 4) is 5.75 Å². The molecule has 1 heterocycles. The van der Waals surface area contributed by atoms with Gasteiger partial charge >= 0.3 is 5.97 Å². The minimum Gasteiger partial charge on any atom is -0.488 e. The van der Waals surface area contributed by atoms with Crippen LogP contribution in [0.1, 0.15) is 39.9 Å². The number of ether oxygens (including phenoxy) is 2. The molecule has 0 radical (unpaired) electrons. The normalized spacial score (nSPS) is 12.4. The van der Waals surface area contributed by atoms with Crippen molar-refractivity contribution in [1.29, 1.82) is 0 Å². The van der Waals surface area contributed by atoms with E-state index in [0.717, 1.165) is 24.0 Å². The molecule has 0 saturated heterocycles. The highest BCUT2D eigenvalue weighted by molar-refractivity contribution is 6.12. The van der Waals surface area contributed by atoms with Gasteiger partial charge in [-0.2, -0.15) is 0 Å². The first-order chi connectivity index (χ1) is 12.2. The second-order valence-corrected chi connectivity index (χ2v) is 5.93. The Morgan fingerprint density at radius 2 is 2.04 bits per heavy atom. The van der Waals surface area contributed by atoms with E-state index < -0.39 is 0 Å². The summed E-state index contributed by atoms with van der Waals surface area (Å²) in [6, 6.07) is 12.7. The number of hydrogen-bond donors (Lipinski definition) is 0. The molecular formula is C21H20O4. The van der Waals surface area contributed by atoms with Crippen molar-refractivity contribution in [2.45, 2.75) is 25.9 Å². The van der Waals surface area contributed by atoms with Gasteiger partial charge in [-0.1, -0.05) is 36.4 Å². The molecule has 0 saturated carbocycles. The first-order valence-corrected chi connectivity index (χ1v) is 8.34. The molecule has 0 unspecified atom stereocenters. The van der Waals surface area contributed by atoms with Gasteiger partial charge in [0, 0.05) is 11.1 Å². The van der Waals surface area contributed by atoms with Gasteiger partial charge in [-0.3, -0.25) is 9.59 Å². The van der Waals surface area contributed by atoms with Crippen molar-refractivity contribution in [2.24, 2.45) is 0 Å². The van der Waals surface area contributed by atoms with E-state index in [9.17, 15) is 9.59 Å². The summed E-state index contributed by atoms with van der Waals surface area (Å²) in [7, 11) is 0. The summed E-state index contributed by atoms with van der Waals surface area (Å²) < 4.78 is 10.9. The lowest BCUT2D eigenvalue weighted by molar-refractivity contribution is -0.142. The van der Waals surface area contributed by atoms with Crippen LogP contribution in [-0.4, -0.2) is 18.4 Å². The standard InChI is InChI=1S/C21H20O4/c1-2-3-6-11-24-20(22)13-15-9-10-19-18(12-15)21(23)17-8-5-4-7-16(17)14-25-19/h2,4-5,7-10,12H,1,3,6,11,13-14H2. The Kier molecular flexibility index (Phi) is 5.29. The van der Waals surface area contributed by atoms with Crippen LogP contribution in [0.5, 0.6) is 5.75 Å². The molecule has 0 bridgehead atoms. The lowest BCUT2D eigenvalue weighted by Gasteiger charge is -2.09. The molecule has 3 rings (SSSR count). The smallest absolute Gasteiger partial charge is 0.310 e. The molecule has 0 amide bonds. The van der Waals surface area contributed by atoms with Crippen LogP contribution in [0.15, 0.2) is 55.1 Å². The minimum absolute atomic E-state index is 0.0794. The van der Waals surface area contributed by atoms with Gasteiger partial charge in [0.15, 0.2) is 5.78 Å². The van der Waals surface area contributed by atoms with Crippen LogP contribution in [0, 0.1) is 0 Å². The number of ketones is 1. The zero-order valence-corrected chi connectivity index (χ0v) is 14.0. The van der Waals surface area contributed by atoms with Gasteiger partial charge in [0.2, 0.25) is 0 Å². The molecule has 0 aliphatic carbocycles. The average molecular weight is 336 g/mol. The van der Waals surface area contributed by atoms with Gasteiger partial charge in [-0.15, -0.1) is 6.58 Å². The maximum absolute atomic E-state index is 12.8. The Hall–Kier alpha value is -2.88. The van der Waals surface area contributed by atoms with Gasteiger partial charge < -0.3 is 9.47 Å². The van der Waals surface area contributed by atoms with E-state index in [0.29, 0.717) is 30.1 Å². The Balaban J connectivity index is 1.75. The number of esters is 1. The van der Waals surface area contributed by atoms with Crippen LogP contribution in [-0.2, 0) is 22.6 Å². The molecule has 2 aromatic rings. The maximum atomic E-state index is 12.8. The Labute approximate surface area is 147 Å². The monoisotopic (exact) mass is 336 g/mol. The van der Waals surface area contributed by atoms with Crippen molar-refractivity contribution in [1.82, 2.24) is 0 Å². The Bertz CT molecular complexity index is 807. The highest BCUT2D eigenvalue weighted by Crippen LogP contribution is 2.29. The Morgan fingerprint density at radius 1 is 1.20 bits per heavy atom. The summed E-state index contributed by atoms with van der Waals surface area (Å²) in [4.78, 5) is 24.7. The number of carbonyl (C=O) groups is 2. The largest absolute Gasteiger partial charge is 0.488 e. The van der Waals surface area contributed by atoms with Gasteiger partial charge in [0.1, 0.15) is 12.4 Å². The topological polar surface area (TPSA) is 52.6 Å². The lowest BCUT2D eigenvalue weighted by atomic mass is 9.97. The summed E-state index contributed by atoms with van der Waals surface area (Å²) in [5.41, 5.74) is 2.74. The summed E-state index contributed by atoms with van der Waals surface area (Å²) in [5, 5.41) is 0. The zero-order chi connectivity index (χ0) is 17.6. The predicted molar refractivity (Wildman–Crippen MR) is 94.7 cm³/mol. The minimum atomic E-state index is -0.300. The van der Waals surface area contributed by atoms with E-state index in [4.69, 9.17) is 9.47 Å². The number of benzene rings is 2. The van der Waals surface area contributed by atoms with Crippen LogP contribution in [0.4, 0.5) is 0 Å². The lowest BCUT2D eigenvalue weighted by Crippen LogP contribution is -2.10. The SMILES string of the molecule is C=CCCCOC(=O)Cc1ccc2c(c1)C(=O)c1ccccc1CO2. The van der Waals surface area contributed by atoms with Crippen LogP contribution >= 0.6 is 0 Å². The molecule has 0 spiro atoms. The number of carbonyl (C=O) groups excluding carboxylic acids is 2.